The predicted octanol–water partition coefficient (Wildman–Crippen LogP) is 0.494. The Bertz CT molecular complexity index is 985. The van der Waals surface area contributed by atoms with Crippen molar-refractivity contribution in [1.82, 2.24) is 4.90 Å². The summed E-state index contributed by atoms with van der Waals surface area (Å²) >= 11 is 0. The molecule has 0 aliphatic heterocycles. The van der Waals surface area contributed by atoms with Crippen molar-refractivity contribution >= 4 is 19.9 Å². The summed E-state index contributed by atoms with van der Waals surface area (Å²) in [7, 11) is -1.17. The molecule has 0 aromatic heterocycles. The number of hydrogen-bond donors (Lipinski definition) is 1. The monoisotopic (exact) mass is 450 g/mol. The molecule has 0 fully saturated rings. The van der Waals surface area contributed by atoms with Crippen LogP contribution in [0.3, 0.4) is 0 Å². The molecule has 1 amide bonds. The van der Waals surface area contributed by atoms with E-state index in [1.54, 1.807) is 38.4 Å². The molecular weight excluding hydrogens is 426 g/mol. The molecule has 0 aliphatic carbocycles. The first-order chi connectivity index (χ1) is 14.3. The van der Waals surface area contributed by atoms with E-state index in [0.717, 1.165) is 18.4 Å². The van der Waals surface area contributed by atoms with Gasteiger partial charge in [0.05, 0.1) is 0 Å². The Kier molecular flexibility index (Phi) is 11.4. The molecule has 0 aliphatic rings. The van der Waals surface area contributed by atoms with E-state index in [0.29, 0.717) is 5.69 Å². The van der Waals surface area contributed by atoms with Crippen molar-refractivity contribution in [1.29, 1.82) is 0 Å². The summed E-state index contributed by atoms with van der Waals surface area (Å²) in [5.41, 5.74) is 8.23. The first kappa shape index (κ1) is 26.8. The van der Waals surface area contributed by atoms with Crippen molar-refractivity contribution in [3.63, 3.8) is 0 Å². The number of rotatable bonds is 7. The van der Waals surface area contributed by atoms with Gasteiger partial charge in [0.25, 0.3) is 0 Å². The minimum Gasteiger partial charge on any atom is -0.736 e. The molecule has 1 unspecified atom stereocenters. The smallest absolute Gasteiger partial charge is 0.736 e. The summed E-state index contributed by atoms with van der Waals surface area (Å²) < 4.78 is 21.9. The van der Waals surface area contributed by atoms with Crippen LogP contribution in [0.5, 0.6) is 11.5 Å². The zero-order chi connectivity index (χ0) is 22.0. The molecule has 3 aromatic carbocycles. The van der Waals surface area contributed by atoms with Crippen LogP contribution in [0, 0.1) is 0 Å². The molecule has 31 heavy (non-hydrogen) atoms. The second kappa shape index (κ2) is 13.2. The van der Waals surface area contributed by atoms with Gasteiger partial charge < -0.3 is 24.6 Å². The third-order valence-electron chi connectivity index (χ3n) is 3.68. The number of carbonyl (C=O) groups excluding carboxylic acids is 1. The maximum atomic E-state index is 12.0. The quantitative estimate of drug-likeness (QED) is 0.243. The van der Waals surface area contributed by atoms with Crippen LogP contribution in [0.25, 0.3) is 0 Å². The Hall–Kier alpha value is -2.28. The summed E-state index contributed by atoms with van der Waals surface area (Å²) in [4.78, 5) is 22.9. The van der Waals surface area contributed by atoms with Crippen molar-refractivity contribution in [3.8, 4) is 11.5 Å². The minimum atomic E-state index is -4.54. The molecule has 7 nitrogen and oxygen atoms in total. The largest absolute Gasteiger partial charge is 1.00 e. The van der Waals surface area contributed by atoms with Gasteiger partial charge in [0.2, 0.25) is 6.41 Å². The van der Waals surface area contributed by atoms with Gasteiger partial charge >= 0.3 is 37.4 Å². The zero-order valence-electron chi connectivity index (χ0n) is 17.8. The van der Waals surface area contributed by atoms with Gasteiger partial charge in [-0.3, -0.25) is 4.79 Å². The van der Waals surface area contributed by atoms with Crippen LogP contribution in [0.1, 0.15) is 11.1 Å². The summed E-state index contributed by atoms with van der Waals surface area (Å²) in [5, 5.41) is 0. The van der Waals surface area contributed by atoms with E-state index < -0.39 is 7.82 Å². The summed E-state index contributed by atoms with van der Waals surface area (Å²) in [6.45, 7) is 0. The van der Waals surface area contributed by atoms with Crippen molar-refractivity contribution in [2.45, 2.75) is 6.42 Å². The van der Waals surface area contributed by atoms with Crippen LogP contribution in [0.4, 0.5) is 5.69 Å². The second-order valence-corrected chi connectivity index (χ2v) is 7.84. The summed E-state index contributed by atoms with van der Waals surface area (Å²) in [6, 6.07) is 23.0. The van der Waals surface area contributed by atoms with Gasteiger partial charge in [-0.2, -0.15) is 0 Å². The molecule has 0 radical (unpaired) electrons. The number of nitrogens with zero attached hydrogens (tertiary/aromatic N) is 1. The van der Waals surface area contributed by atoms with Crippen LogP contribution in [-0.4, -0.2) is 25.4 Å². The van der Waals surface area contributed by atoms with Crippen LogP contribution in [0.2, 0.25) is 0 Å². The summed E-state index contributed by atoms with van der Waals surface area (Å²) in [6.07, 6.45) is 1.51. The fraction of sp³-hybridized carbons (Fsp3) is 0.136. The van der Waals surface area contributed by atoms with Crippen LogP contribution in [-0.2, 0) is 15.8 Å². The van der Waals surface area contributed by atoms with E-state index in [4.69, 9.17) is 14.8 Å². The van der Waals surface area contributed by atoms with Crippen LogP contribution >= 0.6 is 7.82 Å². The number of benzene rings is 3. The number of phosphoric acid groups is 1. The number of hydrogen-bond acceptors (Lipinski definition) is 6. The van der Waals surface area contributed by atoms with Crippen LogP contribution in [0.15, 0.2) is 78.9 Å². The molecule has 158 valence electrons. The van der Waals surface area contributed by atoms with Gasteiger partial charge in [-0.25, -0.2) is 4.57 Å². The van der Waals surface area contributed by atoms with E-state index in [-0.39, 0.29) is 41.1 Å². The Morgan fingerprint density at radius 3 is 2.00 bits per heavy atom. The van der Waals surface area contributed by atoms with E-state index in [9.17, 15) is 14.3 Å². The Morgan fingerprint density at radius 2 is 1.45 bits per heavy atom. The molecule has 2 N–H and O–H groups in total. The topological polar surface area (TPSA) is 105 Å². The molecule has 0 saturated heterocycles. The van der Waals surface area contributed by atoms with Crippen molar-refractivity contribution in [2.75, 3.05) is 19.8 Å². The molecule has 0 bridgehead atoms. The number of phosphoric ester groups is 1. The Balaban J connectivity index is 0.000000721. The minimum absolute atomic E-state index is 0. The number of nitrogens with two attached hydrogens (primary N) is 1. The molecule has 9 heteroatoms. The standard InChI is InChI=1S/C19H18NO4P.C3H7NO.Na/c20-17-7-4-8-19(14-17)24-25(21,22)23-18-11-9-16(10-12-18)13-15-5-2-1-3-6-15;1-4(2)3-5;/h1-12,14H,13,20H2,(H,21,22);3H,1-2H3;/q;;+1/p-1. The molecule has 3 aromatic rings. The van der Waals surface area contributed by atoms with Crippen LogP contribution < -0.4 is 49.2 Å². The van der Waals surface area contributed by atoms with Crippen molar-refractivity contribution < 1.29 is 52.9 Å². The number of nitrogen functional groups attached to an aromatic ring is 1. The van der Waals surface area contributed by atoms with Gasteiger partial charge in [0, 0.05) is 25.8 Å². The SMILES string of the molecule is CN(C)C=O.Nc1cccc(OP(=O)([O-])Oc2ccc(Cc3ccccc3)cc2)c1.[Na+]. The van der Waals surface area contributed by atoms with Gasteiger partial charge in [-0.05, 0) is 41.8 Å². The van der Waals surface area contributed by atoms with Gasteiger partial charge in [0.1, 0.15) is 11.5 Å². The Labute approximate surface area is 204 Å². The van der Waals surface area contributed by atoms with E-state index in [2.05, 4.69) is 0 Å². The van der Waals surface area contributed by atoms with Crippen molar-refractivity contribution in [3.05, 3.63) is 90.0 Å². The first-order valence-corrected chi connectivity index (χ1v) is 10.5. The fourth-order valence-corrected chi connectivity index (χ4v) is 3.14. The van der Waals surface area contributed by atoms with Gasteiger partial charge in [-0.15, -0.1) is 0 Å². The van der Waals surface area contributed by atoms with E-state index in [1.807, 2.05) is 42.5 Å². The maximum Gasteiger partial charge on any atom is 1.00 e. The van der Waals surface area contributed by atoms with Gasteiger partial charge in [-0.1, -0.05) is 48.5 Å². The second-order valence-electron chi connectivity index (χ2n) is 6.58. The number of amides is 1. The number of carbonyl (C=O) groups is 1. The predicted molar refractivity (Wildman–Crippen MR) is 115 cm³/mol. The average Bonchev–Trinajstić information content (AvgIpc) is 2.70. The van der Waals surface area contributed by atoms with E-state index in [1.165, 1.54) is 22.6 Å². The van der Waals surface area contributed by atoms with Gasteiger partial charge in [0.15, 0.2) is 0 Å². The molecule has 3 rings (SSSR count). The van der Waals surface area contributed by atoms with Crippen molar-refractivity contribution in [2.24, 2.45) is 0 Å². The Morgan fingerprint density at radius 1 is 0.903 bits per heavy atom. The third kappa shape index (κ3) is 10.5. The fourth-order valence-electron chi connectivity index (χ4n) is 2.35. The number of anilines is 1. The normalized spacial score (nSPS) is 11.6. The van der Waals surface area contributed by atoms with E-state index >= 15 is 0 Å². The maximum absolute atomic E-state index is 12.0. The molecule has 0 saturated carbocycles. The first-order valence-electron chi connectivity index (χ1n) is 9.08. The third-order valence-corrected chi connectivity index (χ3v) is 4.55. The molecule has 0 heterocycles. The average molecular weight is 450 g/mol. The summed E-state index contributed by atoms with van der Waals surface area (Å²) in [5.74, 6) is 0.304. The zero-order valence-corrected chi connectivity index (χ0v) is 20.7. The molecule has 1 atom stereocenters. The molecular formula is C22H24N2NaO5P. The molecule has 0 spiro atoms.